The normalized spacial score (nSPS) is 12.2. The topological polar surface area (TPSA) is 9.23 Å². The van der Waals surface area contributed by atoms with E-state index in [4.69, 9.17) is 27.9 Å². The first kappa shape index (κ1) is 14.7. The summed E-state index contributed by atoms with van der Waals surface area (Å²) >= 11 is 15.9. The summed E-state index contributed by atoms with van der Waals surface area (Å²) in [6.45, 7) is 2.63. The van der Waals surface area contributed by atoms with E-state index in [0.717, 1.165) is 16.9 Å². The van der Waals surface area contributed by atoms with Gasteiger partial charge in [-0.15, -0.1) is 0 Å². The Morgan fingerprint density at radius 2 is 1.79 bits per heavy atom. The molecular weight excluding hydrogens is 347 g/mol. The smallest absolute Gasteiger partial charge is 0.119 e. The Balaban J connectivity index is 2.27. The lowest BCUT2D eigenvalue weighted by Crippen LogP contribution is -1.95. The highest BCUT2D eigenvalue weighted by atomic mass is 79.9. The molecule has 0 aliphatic carbocycles. The highest BCUT2D eigenvalue weighted by molar-refractivity contribution is 9.09. The van der Waals surface area contributed by atoms with Gasteiger partial charge in [-0.1, -0.05) is 51.3 Å². The van der Waals surface area contributed by atoms with E-state index < -0.39 is 0 Å². The van der Waals surface area contributed by atoms with Crippen molar-refractivity contribution >= 4 is 39.1 Å². The van der Waals surface area contributed by atoms with Gasteiger partial charge in [-0.05, 0) is 48.4 Å². The molecule has 0 bridgehead atoms. The molecule has 2 rings (SSSR count). The maximum Gasteiger partial charge on any atom is 0.119 e. The van der Waals surface area contributed by atoms with Gasteiger partial charge in [-0.3, -0.25) is 0 Å². The molecule has 0 saturated carbocycles. The van der Waals surface area contributed by atoms with Crippen molar-refractivity contribution in [2.75, 3.05) is 6.61 Å². The van der Waals surface area contributed by atoms with Crippen LogP contribution in [0.1, 0.15) is 22.9 Å². The fourth-order valence-electron chi connectivity index (χ4n) is 1.79. The first-order chi connectivity index (χ1) is 9.11. The minimum atomic E-state index is 0.00868. The number of alkyl halides is 1. The molecule has 0 N–H and O–H groups in total. The van der Waals surface area contributed by atoms with Gasteiger partial charge in [0.05, 0.1) is 11.4 Å². The molecule has 1 atom stereocenters. The molecule has 1 unspecified atom stereocenters. The fourth-order valence-corrected chi connectivity index (χ4v) is 3.01. The highest BCUT2D eigenvalue weighted by Crippen LogP contribution is 2.37. The molecule has 100 valence electrons. The largest absolute Gasteiger partial charge is 0.494 e. The maximum atomic E-state index is 6.21. The van der Waals surface area contributed by atoms with Gasteiger partial charge in [0.15, 0.2) is 0 Å². The van der Waals surface area contributed by atoms with E-state index >= 15 is 0 Å². The van der Waals surface area contributed by atoms with Crippen molar-refractivity contribution in [1.82, 2.24) is 0 Å². The molecule has 0 amide bonds. The zero-order valence-corrected chi connectivity index (χ0v) is 13.5. The Morgan fingerprint density at radius 1 is 1.11 bits per heavy atom. The minimum absolute atomic E-state index is 0.00868. The van der Waals surface area contributed by atoms with Crippen LogP contribution in [-0.4, -0.2) is 6.61 Å². The van der Waals surface area contributed by atoms with Gasteiger partial charge in [-0.25, -0.2) is 0 Å². The van der Waals surface area contributed by atoms with Crippen LogP contribution < -0.4 is 4.74 Å². The third kappa shape index (κ3) is 3.65. The van der Waals surface area contributed by atoms with Crippen molar-refractivity contribution < 1.29 is 4.74 Å². The fraction of sp³-hybridized carbons (Fsp3) is 0.200. The van der Waals surface area contributed by atoms with E-state index in [1.165, 1.54) is 0 Å². The third-order valence-corrected chi connectivity index (χ3v) is 4.32. The lowest BCUT2D eigenvalue weighted by atomic mass is 10.0. The molecule has 0 aromatic heterocycles. The maximum absolute atomic E-state index is 6.21. The summed E-state index contributed by atoms with van der Waals surface area (Å²) in [5, 5.41) is 1.37. The van der Waals surface area contributed by atoms with Crippen molar-refractivity contribution in [3.8, 4) is 5.75 Å². The van der Waals surface area contributed by atoms with Crippen LogP contribution in [-0.2, 0) is 0 Å². The molecule has 1 nitrogen and oxygen atoms in total. The van der Waals surface area contributed by atoms with Gasteiger partial charge >= 0.3 is 0 Å². The van der Waals surface area contributed by atoms with Crippen LogP contribution in [0.5, 0.6) is 5.75 Å². The molecule has 19 heavy (non-hydrogen) atoms. The Morgan fingerprint density at radius 3 is 2.42 bits per heavy atom. The summed E-state index contributed by atoms with van der Waals surface area (Å²) < 4.78 is 5.43. The average molecular weight is 360 g/mol. The van der Waals surface area contributed by atoms with Crippen molar-refractivity contribution in [3.05, 3.63) is 63.6 Å². The monoisotopic (exact) mass is 358 g/mol. The summed E-state index contributed by atoms with van der Waals surface area (Å²) in [6.07, 6.45) is 0. The van der Waals surface area contributed by atoms with Crippen LogP contribution in [0.15, 0.2) is 42.5 Å². The van der Waals surface area contributed by atoms with Crippen LogP contribution in [0.25, 0.3) is 0 Å². The van der Waals surface area contributed by atoms with E-state index in [0.29, 0.717) is 16.7 Å². The van der Waals surface area contributed by atoms with Gasteiger partial charge in [0.2, 0.25) is 0 Å². The van der Waals surface area contributed by atoms with Crippen molar-refractivity contribution in [3.63, 3.8) is 0 Å². The van der Waals surface area contributed by atoms with E-state index in [1.807, 2.05) is 43.3 Å². The van der Waals surface area contributed by atoms with E-state index in [2.05, 4.69) is 15.9 Å². The molecule has 4 heteroatoms. The summed E-state index contributed by atoms with van der Waals surface area (Å²) in [5.74, 6) is 0.864. The number of hydrogen-bond donors (Lipinski definition) is 0. The SMILES string of the molecule is CCOc1ccc(C(Br)c2cc(Cl)ccc2Cl)cc1. The number of benzene rings is 2. The summed E-state index contributed by atoms with van der Waals surface area (Å²) in [6, 6.07) is 13.4. The highest BCUT2D eigenvalue weighted by Gasteiger charge is 2.14. The van der Waals surface area contributed by atoms with Crippen molar-refractivity contribution in [1.29, 1.82) is 0 Å². The molecule has 0 radical (unpaired) electrons. The van der Waals surface area contributed by atoms with Crippen LogP contribution >= 0.6 is 39.1 Å². The van der Waals surface area contributed by atoms with Crippen LogP contribution in [0.2, 0.25) is 10.0 Å². The number of halogens is 3. The number of ether oxygens (including phenoxy) is 1. The minimum Gasteiger partial charge on any atom is -0.494 e. The van der Waals surface area contributed by atoms with Crippen LogP contribution in [0.3, 0.4) is 0 Å². The second kappa shape index (κ2) is 6.65. The quantitative estimate of drug-likeness (QED) is 0.619. The first-order valence-electron chi connectivity index (χ1n) is 5.93. The Hall–Kier alpha value is -0.700. The standard InChI is InChI=1S/C15H13BrCl2O/c1-2-19-12-6-3-10(4-7-12)15(16)13-9-11(17)5-8-14(13)18/h3-9,15H,2H2,1H3. The number of hydrogen-bond acceptors (Lipinski definition) is 1. The summed E-state index contributed by atoms with van der Waals surface area (Å²) in [7, 11) is 0. The van der Waals surface area contributed by atoms with Crippen LogP contribution in [0, 0.1) is 0 Å². The lowest BCUT2D eigenvalue weighted by molar-refractivity contribution is 0.340. The van der Waals surface area contributed by atoms with Gasteiger partial charge in [0.1, 0.15) is 5.75 Å². The van der Waals surface area contributed by atoms with E-state index in [-0.39, 0.29) is 4.83 Å². The molecule has 0 spiro atoms. The lowest BCUT2D eigenvalue weighted by Gasteiger charge is -2.13. The third-order valence-electron chi connectivity index (χ3n) is 2.71. The van der Waals surface area contributed by atoms with Gasteiger partial charge < -0.3 is 4.74 Å². The van der Waals surface area contributed by atoms with Crippen LogP contribution in [0.4, 0.5) is 0 Å². The predicted octanol–water partition coefficient (Wildman–Crippen LogP) is 5.88. The summed E-state index contributed by atoms with van der Waals surface area (Å²) in [4.78, 5) is 0.00868. The Bertz CT molecular complexity index is 555. The van der Waals surface area contributed by atoms with Gasteiger partial charge in [0, 0.05) is 10.0 Å². The molecule has 2 aromatic carbocycles. The zero-order chi connectivity index (χ0) is 13.8. The molecule has 0 aliphatic rings. The first-order valence-corrected chi connectivity index (χ1v) is 7.60. The van der Waals surface area contributed by atoms with Crippen molar-refractivity contribution in [2.24, 2.45) is 0 Å². The van der Waals surface area contributed by atoms with E-state index in [1.54, 1.807) is 6.07 Å². The van der Waals surface area contributed by atoms with Gasteiger partial charge in [0.25, 0.3) is 0 Å². The van der Waals surface area contributed by atoms with Crippen molar-refractivity contribution in [2.45, 2.75) is 11.8 Å². The molecule has 0 aliphatic heterocycles. The molecule has 0 heterocycles. The predicted molar refractivity (Wildman–Crippen MR) is 84.8 cm³/mol. The summed E-state index contributed by atoms with van der Waals surface area (Å²) in [5.41, 5.74) is 2.06. The molecule has 0 saturated heterocycles. The molecule has 2 aromatic rings. The molecular formula is C15H13BrCl2O. The second-order valence-corrected chi connectivity index (χ2v) is 5.79. The Labute approximate surface area is 131 Å². The van der Waals surface area contributed by atoms with E-state index in [9.17, 15) is 0 Å². The number of rotatable bonds is 4. The second-order valence-electron chi connectivity index (χ2n) is 4.03. The Kier molecular flexibility index (Phi) is 5.14. The molecule has 0 fully saturated rings. The van der Waals surface area contributed by atoms with Gasteiger partial charge in [-0.2, -0.15) is 0 Å². The average Bonchev–Trinajstić information content (AvgIpc) is 2.42. The zero-order valence-electron chi connectivity index (χ0n) is 10.4.